The number of allylic oxidation sites excluding steroid dienone is 1. The molecule has 3 fully saturated rings. The van der Waals surface area contributed by atoms with Crippen LogP contribution in [0, 0.1) is 23.6 Å². The highest BCUT2D eigenvalue weighted by atomic mass is 32.2. The number of amides is 4. The highest BCUT2D eigenvalue weighted by Gasteiger charge is 2.64. The van der Waals surface area contributed by atoms with E-state index in [-0.39, 0.29) is 48.3 Å². The number of alkyl halides is 3. The maximum atomic E-state index is 15.1. The molecule has 1 aromatic carbocycles. The molecule has 3 heterocycles. The van der Waals surface area contributed by atoms with Gasteiger partial charge in [-0.2, -0.15) is 18.2 Å². The number of hydrogen-bond donors (Lipinski definition) is 3. The van der Waals surface area contributed by atoms with Crippen molar-refractivity contribution in [3.63, 3.8) is 0 Å². The van der Waals surface area contributed by atoms with Gasteiger partial charge in [-0.15, -0.1) is 0 Å². The molecule has 19 heteroatoms. The molecule has 2 saturated carbocycles. The van der Waals surface area contributed by atoms with Crippen molar-refractivity contribution in [1.82, 2.24) is 24.8 Å². The summed E-state index contributed by atoms with van der Waals surface area (Å²) in [6.07, 6.45) is -3.11. The minimum atomic E-state index is -5.12. The molecular weight excluding hydrogens is 803 g/mol. The number of benzene rings is 1. The van der Waals surface area contributed by atoms with Gasteiger partial charge in [0.05, 0.1) is 18.4 Å². The molecule has 2 aliphatic carbocycles. The van der Waals surface area contributed by atoms with Crippen molar-refractivity contribution >= 4 is 44.6 Å². The Balaban J connectivity index is 1.45. The number of rotatable bonds is 9. The minimum Gasteiger partial charge on any atom is -0.481 e. The van der Waals surface area contributed by atoms with E-state index >= 15 is 4.79 Å². The maximum Gasteiger partial charge on any atom is 0.411 e. The number of fused-ring (bicyclic) bond motifs is 3. The molecule has 0 radical (unpaired) electrons. The predicted molar refractivity (Wildman–Crippen MR) is 206 cm³/mol. The number of methoxy groups -OCH3 is 1. The number of carbonyl (C=O) groups excluding carboxylic acids is 3. The fraction of sp³-hybridized carbons (Fsp3) is 0.625. The monoisotopic (exact) mass is 853 g/mol. The van der Waals surface area contributed by atoms with Crippen LogP contribution in [0.4, 0.5) is 22.4 Å². The van der Waals surface area contributed by atoms with E-state index in [0.29, 0.717) is 50.3 Å². The Kier molecular flexibility index (Phi) is 11.7. The molecule has 14 nitrogen and oxygen atoms in total. The third-order valence-corrected chi connectivity index (χ3v) is 14.7. The Labute approximate surface area is 340 Å². The van der Waals surface area contributed by atoms with E-state index in [2.05, 4.69) is 15.0 Å². The van der Waals surface area contributed by atoms with Crippen LogP contribution in [0.25, 0.3) is 10.8 Å². The zero-order valence-electron chi connectivity index (χ0n) is 33.8. The predicted octanol–water partition coefficient (Wildman–Crippen LogP) is 5.70. The van der Waals surface area contributed by atoms with Crippen LogP contribution in [0.2, 0.25) is 0 Å². The van der Waals surface area contributed by atoms with E-state index < -0.39 is 98.2 Å². The van der Waals surface area contributed by atoms with Gasteiger partial charge in [0, 0.05) is 23.8 Å². The van der Waals surface area contributed by atoms with Crippen LogP contribution in [0.15, 0.2) is 36.4 Å². The minimum absolute atomic E-state index is 0.0207. The van der Waals surface area contributed by atoms with Gasteiger partial charge in [0.1, 0.15) is 35.1 Å². The molecule has 2 aliphatic heterocycles. The maximum absolute atomic E-state index is 15.1. The van der Waals surface area contributed by atoms with Gasteiger partial charge < -0.3 is 24.8 Å². The lowest BCUT2D eigenvalue weighted by atomic mass is 9.82. The lowest BCUT2D eigenvalue weighted by Crippen LogP contribution is -2.66. The molecule has 59 heavy (non-hydrogen) atoms. The Morgan fingerprint density at radius 3 is 2.46 bits per heavy atom. The van der Waals surface area contributed by atoms with Crippen molar-refractivity contribution in [2.24, 2.45) is 17.8 Å². The average Bonchev–Trinajstić information content (AvgIpc) is 4.03. The Morgan fingerprint density at radius 1 is 1.15 bits per heavy atom. The van der Waals surface area contributed by atoms with E-state index in [1.165, 1.54) is 38.3 Å². The van der Waals surface area contributed by atoms with Gasteiger partial charge in [-0.3, -0.25) is 24.0 Å². The highest BCUT2D eigenvalue weighted by Crippen LogP contribution is 2.48. The van der Waals surface area contributed by atoms with Crippen molar-refractivity contribution in [2.45, 2.75) is 126 Å². The molecule has 6 rings (SSSR count). The summed E-state index contributed by atoms with van der Waals surface area (Å²) >= 11 is 0. The van der Waals surface area contributed by atoms with E-state index in [0.717, 1.165) is 4.90 Å². The summed E-state index contributed by atoms with van der Waals surface area (Å²) in [4.78, 5) is 62.2. The molecule has 4 amide bonds. The molecule has 0 bridgehead atoms. The van der Waals surface area contributed by atoms with Gasteiger partial charge in [0.25, 0.3) is 5.91 Å². The third kappa shape index (κ3) is 8.40. The van der Waals surface area contributed by atoms with Crippen molar-refractivity contribution in [2.75, 3.05) is 13.7 Å². The van der Waals surface area contributed by atoms with Crippen LogP contribution in [-0.4, -0.2) is 106 Å². The van der Waals surface area contributed by atoms with E-state index in [9.17, 15) is 45.5 Å². The Morgan fingerprint density at radius 2 is 1.85 bits per heavy atom. The number of ether oxygens (including phenoxy) is 2. The summed E-state index contributed by atoms with van der Waals surface area (Å²) in [6.45, 7) is 5.93. The number of hydrogen-bond acceptors (Lipinski definition) is 9. The fourth-order valence-electron chi connectivity index (χ4n) is 8.30. The summed E-state index contributed by atoms with van der Waals surface area (Å²) in [5.74, 6) is -5.35. The molecule has 1 saturated heterocycles. The first-order valence-electron chi connectivity index (χ1n) is 19.7. The zero-order valence-corrected chi connectivity index (χ0v) is 34.6. The van der Waals surface area contributed by atoms with Gasteiger partial charge in [-0.25, -0.2) is 17.6 Å². The van der Waals surface area contributed by atoms with Gasteiger partial charge >= 0.3 is 12.3 Å². The quantitative estimate of drug-likeness (QED) is 0.209. The molecule has 2 aromatic rings. The van der Waals surface area contributed by atoms with E-state index in [4.69, 9.17) is 9.47 Å². The number of carboxylic acid groups (broad SMARTS) is 1. The molecule has 0 spiro atoms. The summed E-state index contributed by atoms with van der Waals surface area (Å²) in [5, 5.41) is 13.9. The molecule has 4 aliphatic rings. The largest absolute Gasteiger partial charge is 0.481 e. The summed E-state index contributed by atoms with van der Waals surface area (Å²) < 4.78 is 97.7. The van der Waals surface area contributed by atoms with Crippen LogP contribution in [0.1, 0.15) is 86.0 Å². The van der Waals surface area contributed by atoms with Gasteiger partial charge in [-0.05, 0) is 94.7 Å². The summed E-state index contributed by atoms with van der Waals surface area (Å²) in [7, 11) is -2.82. The second-order valence-electron chi connectivity index (χ2n) is 17.1. The first-order valence-corrected chi connectivity index (χ1v) is 21.2. The van der Waals surface area contributed by atoms with Crippen molar-refractivity contribution in [3.05, 3.63) is 42.2 Å². The lowest BCUT2D eigenvalue weighted by molar-refractivity contribution is -0.222. The average molecular weight is 854 g/mol. The van der Waals surface area contributed by atoms with Crippen LogP contribution in [0.5, 0.6) is 11.8 Å². The standard InChI is InChI=1S/C40H51F4N5O9S/c1-7-23-16-22(2)10-8-9-11-25-20-39(25,35(52)47-59(55,56)38(5)14-15-38)46-32(50)29-19-27(58-33-28-13-12-26(41)17-24(28)18-30(45-33)57-6)21-48(29)34(51)31(23)49(36(53)54)37(3,4)40(42,43)44/h9,11-13,17-18,22-23,25,27,29,31H,7-8,10,14-16,19-21H2,1-6H3,(H,46,50)(H,47,52)(H,53,54)/b11-9-/t22-,23-,25-,27-,29+,31+,39-/m1/s1. The van der Waals surface area contributed by atoms with Crippen molar-refractivity contribution in [1.29, 1.82) is 0 Å². The summed E-state index contributed by atoms with van der Waals surface area (Å²) in [5.41, 5.74) is -4.82. The van der Waals surface area contributed by atoms with Crippen molar-refractivity contribution < 1.29 is 59.7 Å². The Bertz CT molecular complexity index is 2150. The summed E-state index contributed by atoms with van der Waals surface area (Å²) in [6, 6.07) is 1.80. The number of aromatic nitrogens is 1. The normalized spacial score (nSPS) is 29.2. The number of nitrogens with zero attached hydrogens (tertiary/aromatic N) is 3. The fourth-order valence-corrected chi connectivity index (χ4v) is 9.61. The van der Waals surface area contributed by atoms with E-state index in [1.807, 2.05) is 6.92 Å². The van der Waals surface area contributed by atoms with Crippen LogP contribution >= 0.6 is 0 Å². The van der Waals surface area contributed by atoms with Crippen molar-refractivity contribution in [3.8, 4) is 11.8 Å². The molecule has 0 unspecified atom stereocenters. The van der Waals surface area contributed by atoms with Gasteiger partial charge in [-0.1, -0.05) is 32.4 Å². The smallest absolute Gasteiger partial charge is 0.411 e. The van der Waals surface area contributed by atoms with Gasteiger partial charge in [0.15, 0.2) is 0 Å². The second-order valence-corrected chi connectivity index (χ2v) is 19.3. The van der Waals surface area contributed by atoms with Crippen LogP contribution in [0.3, 0.4) is 0 Å². The number of carbonyl (C=O) groups is 4. The first kappa shape index (κ1) is 43.9. The SMILES string of the molecule is CC[C@@H]1C[C@H](C)CC/C=C\[C@@H]2C[C@@]2(C(=O)NS(=O)(=O)C2(C)CC2)NC(=O)[C@@H]2C[C@@H](Oc3nc(OC)cc4cc(F)ccc34)CN2C(=O)[C@H]1N(C(=O)O)C(C)(C)C(F)(F)F. The number of nitrogens with one attached hydrogen (secondary N) is 2. The lowest BCUT2D eigenvalue weighted by Gasteiger charge is -2.46. The molecule has 324 valence electrons. The molecule has 1 aromatic heterocycles. The van der Waals surface area contributed by atoms with E-state index in [1.54, 1.807) is 19.1 Å². The number of pyridine rings is 1. The van der Waals surface area contributed by atoms with Gasteiger partial charge in [0.2, 0.25) is 33.6 Å². The van der Waals surface area contributed by atoms with Crippen LogP contribution < -0.4 is 19.5 Å². The molecule has 7 atom stereocenters. The third-order valence-electron chi connectivity index (χ3n) is 12.6. The first-order chi connectivity index (χ1) is 27.5. The second kappa shape index (κ2) is 15.7. The number of halogens is 4. The topological polar surface area (TPSA) is 185 Å². The highest BCUT2D eigenvalue weighted by molar-refractivity contribution is 7.91. The molecular formula is C40H51F4N5O9S. The van der Waals surface area contributed by atoms with Crippen LogP contribution in [-0.2, 0) is 24.4 Å². The zero-order chi connectivity index (χ0) is 43.5. The molecule has 3 N–H and O–H groups in total. The Hall–Kier alpha value is -4.68. The number of sulfonamides is 1.